The molecule has 0 radical (unpaired) electrons. The first-order valence-corrected chi connectivity index (χ1v) is 11.2. The third-order valence-corrected chi connectivity index (χ3v) is 5.95. The van der Waals surface area contributed by atoms with E-state index in [0.29, 0.717) is 27.2 Å². The van der Waals surface area contributed by atoms with E-state index >= 15 is 0 Å². The highest BCUT2D eigenvalue weighted by atomic mass is 35.5. The van der Waals surface area contributed by atoms with Crippen molar-refractivity contribution in [2.45, 2.75) is 19.4 Å². The zero-order chi connectivity index (χ0) is 23.2. The second-order valence-electron chi connectivity index (χ2n) is 7.52. The number of hydrogen-bond donors (Lipinski definition) is 2. The molecule has 2 N–H and O–H groups in total. The van der Waals surface area contributed by atoms with Crippen molar-refractivity contribution in [2.75, 3.05) is 0 Å². The monoisotopic (exact) mass is 476 g/mol. The van der Waals surface area contributed by atoms with Gasteiger partial charge in [-0.2, -0.15) is 0 Å². The number of aromatic nitrogens is 1. The predicted molar refractivity (Wildman–Crippen MR) is 133 cm³/mol. The molecule has 166 valence electrons. The third kappa shape index (κ3) is 5.51. The van der Waals surface area contributed by atoms with E-state index in [4.69, 9.17) is 28.2 Å². The molecule has 2 aromatic carbocycles. The van der Waals surface area contributed by atoms with E-state index in [2.05, 4.69) is 15.6 Å². The van der Waals surface area contributed by atoms with Gasteiger partial charge in [0.05, 0.1) is 15.6 Å². The Hall–Kier alpha value is -3.41. The molecule has 0 aliphatic carbocycles. The summed E-state index contributed by atoms with van der Waals surface area (Å²) in [4.78, 5) is 22.2. The Morgan fingerprint density at radius 3 is 2.64 bits per heavy atom. The topological polar surface area (TPSA) is 66.4 Å². The molecule has 5 nitrogen and oxygen atoms in total. The number of rotatable bonds is 6. The fourth-order valence-electron chi connectivity index (χ4n) is 3.57. The fraction of sp³-hybridized carbons (Fsp3) is 0.115. The Balaban J connectivity index is 1.61. The molecular formula is C26H22Cl2N4O. The van der Waals surface area contributed by atoms with E-state index in [1.54, 1.807) is 30.7 Å². The number of benzene rings is 2. The molecular weight excluding hydrogens is 455 g/mol. The van der Waals surface area contributed by atoms with Gasteiger partial charge in [-0.1, -0.05) is 65.7 Å². The van der Waals surface area contributed by atoms with Crippen molar-refractivity contribution in [3.63, 3.8) is 0 Å². The van der Waals surface area contributed by atoms with Crippen molar-refractivity contribution < 1.29 is 4.79 Å². The molecule has 0 saturated carbocycles. The number of amidine groups is 1. The number of aliphatic imine (C=N–C) groups is 1. The highest BCUT2D eigenvalue weighted by Gasteiger charge is 2.29. The predicted octanol–water partition coefficient (Wildman–Crippen LogP) is 5.63. The molecule has 4 rings (SSSR count). The Kier molecular flexibility index (Phi) is 7.23. The number of nitrogens with zero attached hydrogens (tertiary/aromatic N) is 2. The zero-order valence-electron chi connectivity index (χ0n) is 17.9. The second kappa shape index (κ2) is 10.5. The third-order valence-electron chi connectivity index (χ3n) is 5.21. The maximum absolute atomic E-state index is 13.2. The van der Waals surface area contributed by atoms with E-state index < -0.39 is 6.04 Å². The van der Waals surface area contributed by atoms with E-state index in [1.807, 2.05) is 61.5 Å². The lowest BCUT2D eigenvalue weighted by atomic mass is 9.95. The summed E-state index contributed by atoms with van der Waals surface area (Å²) in [6, 6.07) is 18.5. The van der Waals surface area contributed by atoms with Crippen LogP contribution < -0.4 is 10.6 Å². The molecule has 33 heavy (non-hydrogen) atoms. The number of amides is 1. The van der Waals surface area contributed by atoms with Crippen LogP contribution in [0.2, 0.25) is 10.0 Å². The Morgan fingerprint density at radius 1 is 1.09 bits per heavy atom. The molecule has 3 aromatic rings. The summed E-state index contributed by atoms with van der Waals surface area (Å²) in [5.74, 6) is 0.391. The van der Waals surface area contributed by atoms with Crippen LogP contribution in [0.4, 0.5) is 0 Å². The molecule has 0 fully saturated rings. The van der Waals surface area contributed by atoms with Gasteiger partial charge in [-0.05, 0) is 48.7 Å². The fourth-order valence-corrected chi connectivity index (χ4v) is 3.87. The quantitative estimate of drug-likeness (QED) is 0.484. The number of allylic oxidation sites excluding steroid dienone is 2. The molecule has 1 aliphatic heterocycles. The molecule has 2 heterocycles. The van der Waals surface area contributed by atoms with E-state index in [9.17, 15) is 4.79 Å². The normalized spacial score (nSPS) is 15.8. The SMILES string of the molecule is CC1=C(C(=O)N/C=C/Cc2ccccc2)C(c2ccc(Cl)c(Cl)c2)N=C(c2cccnc2)N1. The van der Waals surface area contributed by atoms with Gasteiger partial charge in [-0.25, -0.2) is 0 Å². The molecule has 0 spiro atoms. The highest BCUT2D eigenvalue weighted by Crippen LogP contribution is 2.34. The summed E-state index contributed by atoms with van der Waals surface area (Å²) in [5, 5.41) is 6.98. The first-order valence-electron chi connectivity index (χ1n) is 10.4. The summed E-state index contributed by atoms with van der Waals surface area (Å²) in [6.45, 7) is 1.86. The molecule has 1 atom stereocenters. The first kappa shape index (κ1) is 22.8. The lowest BCUT2D eigenvalue weighted by Gasteiger charge is -2.26. The summed E-state index contributed by atoms with van der Waals surface area (Å²) in [5.41, 5.74) is 3.96. The zero-order valence-corrected chi connectivity index (χ0v) is 19.4. The van der Waals surface area contributed by atoms with Gasteiger partial charge < -0.3 is 10.6 Å². The van der Waals surface area contributed by atoms with Gasteiger partial charge in [0.1, 0.15) is 11.9 Å². The lowest BCUT2D eigenvalue weighted by molar-refractivity contribution is -0.117. The molecule has 1 amide bonds. The average molecular weight is 477 g/mol. The Labute approximate surface area is 202 Å². The second-order valence-corrected chi connectivity index (χ2v) is 8.34. The van der Waals surface area contributed by atoms with Crippen LogP contribution in [0.15, 0.2) is 102 Å². The van der Waals surface area contributed by atoms with Gasteiger partial charge in [0, 0.05) is 29.9 Å². The standard InChI is InChI=1S/C26H22Cl2N4O/c1-17-23(26(33)30-14-5-9-18-7-3-2-4-8-18)24(19-11-12-21(27)22(28)15-19)32-25(31-17)20-10-6-13-29-16-20/h2-8,10-16,24H,9H2,1H3,(H,30,33)(H,31,32)/b14-5+. The van der Waals surface area contributed by atoms with Gasteiger partial charge in [-0.15, -0.1) is 0 Å². The van der Waals surface area contributed by atoms with E-state index in [1.165, 1.54) is 0 Å². The minimum Gasteiger partial charge on any atom is -0.343 e. The molecule has 7 heteroatoms. The number of carbonyl (C=O) groups is 1. The van der Waals surface area contributed by atoms with Crippen LogP contribution in [0.5, 0.6) is 0 Å². The Morgan fingerprint density at radius 2 is 1.91 bits per heavy atom. The van der Waals surface area contributed by atoms with Crippen LogP contribution >= 0.6 is 23.2 Å². The van der Waals surface area contributed by atoms with Gasteiger partial charge >= 0.3 is 0 Å². The Bertz CT molecular complexity index is 1240. The van der Waals surface area contributed by atoms with Gasteiger partial charge in [0.25, 0.3) is 5.91 Å². The smallest absolute Gasteiger partial charge is 0.255 e. The maximum Gasteiger partial charge on any atom is 0.255 e. The van der Waals surface area contributed by atoms with Crippen molar-refractivity contribution in [1.29, 1.82) is 0 Å². The van der Waals surface area contributed by atoms with Crippen molar-refractivity contribution in [2.24, 2.45) is 4.99 Å². The van der Waals surface area contributed by atoms with Gasteiger partial charge in [0.15, 0.2) is 0 Å². The van der Waals surface area contributed by atoms with E-state index in [0.717, 1.165) is 23.1 Å². The van der Waals surface area contributed by atoms with Crippen LogP contribution in [0.3, 0.4) is 0 Å². The van der Waals surface area contributed by atoms with Crippen LogP contribution in [0.25, 0.3) is 0 Å². The molecule has 1 aromatic heterocycles. The first-order chi connectivity index (χ1) is 16.0. The molecule has 0 bridgehead atoms. The van der Waals surface area contributed by atoms with Gasteiger partial charge in [-0.3, -0.25) is 14.8 Å². The van der Waals surface area contributed by atoms with Crippen molar-refractivity contribution in [1.82, 2.24) is 15.6 Å². The van der Waals surface area contributed by atoms with Gasteiger partial charge in [0.2, 0.25) is 0 Å². The minimum atomic E-state index is -0.557. The summed E-state index contributed by atoms with van der Waals surface area (Å²) < 4.78 is 0. The molecule has 1 aliphatic rings. The number of nitrogens with one attached hydrogen (secondary N) is 2. The van der Waals surface area contributed by atoms with Crippen LogP contribution in [0, 0.1) is 0 Å². The summed E-state index contributed by atoms with van der Waals surface area (Å²) in [6.07, 6.45) is 7.73. The maximum atomic E-state index is 13.2. The van der Waals surface area contributed by atoms with Crippen molar-refractivity contribution in [3.8, 4) is 0 Å². The number of halogens is 2. The average Bonchev–Trinajstić information content (AvgIpc) is 2.84. The van der Waals surface area contributed by atoms with Crippen molar-refractivity contribution in [3.05, 3.63) is 123 Å². The van der Waals surface area contributed by atoms with Crippen LogP contribution in [-0.4, -0.2) is 16.7 Å². The largest absolute Gasteiger partial charge is 0.343 e. The van der Waals surface area contributed by atoms with Crippen LogP contribution in [0.1, 0.15) is 29.7 Å². The number of carbonyl (C=O) groups excluding carboxylic acids is 1. The summed E-state index contributed by atoms with van der Waals surface area (Å²) in [7, 11) is 0. The van der Waals surface area contributed by atoms with Crippen molar-refractivity contribution >= 4 is 34.9 Å². The molecule has 1 unspecified atom stereocenters. The molecule has 0 saturated heterocycles. The van der Waals surface area contributed by atoms with E-state index in [-0.39, 0.29) is 5.91 Å². The number of pyridine rings is 1. The minimum absolute atomic E-state index is 0.241. The summed E-state index contributed by atoms with van der Waals surface area (Å²) >= 11 is 12.4. The highest BCUT2D eigenvalue weighted by molar-refractivity contribution is 6.42. The van der Waals surface area contributed by atoms with Crippen LogP contribution in [-0.2, 0) is 11.2 Å². The number of hydrogen-bond acceptors (Lipinski definition) is 4. The lowest BCUT2D eigenvalue weighted by Crippen LogP contribution is -2.35.